The van der Waals surface area contributed by atoms with E-state index in [9.17, 15) is 0 Å². The van der Waals surface area contributed by atoms with E-state index in [1.54, 1.807) is 27.7 Å². The Labute approximate surface area is 101 Å². The molecule has 0 aliphatic heterocycles. The molecule has 0 bridgehead atoms. The van der Waals surface area contributed by atoms with Crippen molar-refractivity contribution in [2.24, 2.45) is 20.3 Å². The molecule has 0 spiro atoms. The fourth-order valence-corrected chi connectivity index (χ4v) is 0.938. The molecule has 0 aromatic carbocycles. The van der Waals surface area contributed by atoms with Crippen LogP contribution in [0.3, 0.4) is 0 Å². The smallest absolute Gasteiger partial charge is 0.0971 e. The van der Waals surface area contributed by atoms with E-state index in [1.165, 1.54) is 0 Å². The number of hydrogen-bond donors (Lipinski definition) is 2. The van der Waals surface area contributed by atoms with Gasteiger partial charge in [0.05, 0.1) is 22.8 Å². The Morgan fingerprint density at radius 2 is 1.06 bits per heavy atom. The molecule has 0 saturated heterocycles. The summed E-state index contributed by atoms with van der Waals surface area (Å²) in [5, 5.41) is 23.2. The maximum absolute atomic E-state index is 8.52. The Balaban J connectivity index is 4.03. The zero-order valence-corrected chi connectivity index (χ0v) is 10.8. The summed E-state index contributed by atoms with van der Waals surface area (Å²) in [5.41, 5.74) is 2.49. The molecule has 0 amide bonds. The lowest BCUT2D eigenvalue weighted by atomic mass is 10.3. The Morgan fingerprint density at radius 1 is 0.706 bits per heavy atom. The number of aliphatic imine (C=N–C) groups is 2. The molecule has 6 heteroatoms. The van der Waals surface area contributed by atoms with E-state index in [1.807, 2.05) is 0 Å². The molecule has 2 N–H and O–H groups in total. The molecule has 0 fully saturated rings. The molecule has 0 aromatic rings. The zero-order valence-electron chi connectivity index (χ0n) is 10.8. The van der Waals surface area contributed by atoms with Crippen molar-refractivity contribution in [3.63, 3.8) is 0 Å². The Bertz CT molecular complexity index is 322. The van der Waals surface area contributed by atoms with Gasteiger partial charge >= 0.3 is 0 Å². The second kappa shape index (κ2) is 8.43. The molecule has 0 radical (unpaired) electrons. The third kappa shape index (κ3) is 6.44. The van der Waals surface area contributed by atoms with Crippen LogP contribution in [-0.2, 0) is 0 Å². The molecule has 96 valence electrons. The summed E-state index contributed by atoms with van der Waals surface area (Å²) in [6.45, 7) is 8.25. The van der Waals surface area contributed by atoms with Gasteiger partial charge in [0.1, 0.15) is 0 Å². The minimum atomic E-state index is 0.521. The molecule has 17 heavy (non-hydrogen) atoms. The molecule has 0 aliphatic carbocycles. The molecule has 0 atom stereocenters. The summed E-state index contributed by atoms with van der Waals surface area (Å²) in [6, 6.07) is 0. The van der Waals surface area contributed by atoms with E-state index in [4.69, 9.17) is 10.4 Å². The second-order valence-electron chi connectivity index (χ2n) is 3.66. The maximum atomic E-state index is 8.52. The lowest BCUT2D eigenvalue weighted by Gasteiger charge is -1.99. The fourth-order valence-electron chi connectivity index (χ4n) is 0.938. The first-order valence-electron chi connectivity index (χ1n) is 5.43. The summed E-state index contributed by atoms with van der Waals surface area (Å²) in [4.78, 5) is 8.47. The molecule has 0 saturated carbocycles. The summed E-state index contributed by atoms with van der Waals surface area (Å²) >= 11 is 0. The second-order valence-corrected chi connectivity index (χ2v) is 3.66. The van der Waals surface area contributed by atoms with E-state index >= 15 is 0 Å². The zero-order chi connectivity index (χ0) is 13.3. The number of hydrogen-bond acceptors (Lipinski definition) is 6. The summed E-state index contributed by atoms with van der Waals surface area (Å²) < 4.78 is 0. The van der Waals surface area contributed by atoms with Crippen LogP contribution in [0.1, 0.15) is 34.1 Å². The Hall–Kier alpha value is -1.72. The molecular weight excluding hydrogens is 220 g/mol. The Kier molecular flexibility index (Phi) is 7.58. The Morgan fingerprint density at radius 3 is 1.35 bits per heavy atom. The van der Waals surface area contributed by atoms with Gasteiger partial charge < -0.3 is 10.4 Å². The topological polar surface area (TPSA) is 89.9 Å². The van der Waals surface area contributed by atoms with Gasteiger partial charge in [0, 0.05) is 13.1 Å². The maximum Gasteiger partial charge on any atom is 0.0971 e. The minimum absolute atomic E-state index is 0.521. The SMILES string of the molecule is CC(=NCCCN=C(C)/C(C)=N/O)/C(C)=N/O. The highest BCUT2D eigenvalue weighted by molar-refractivity contribution is 6.40. The van der Waals surface area contributed by atoms with E-state index in [0.717, 1.165) is 17.8 Å². The molecular formula is C11H20N4O2. The third-order valence-electron chi connectivity index (χ3n) is 2.36. The van der Waals surface area contributed by atoms with Crippen molar-refractivity contribution in [2.75, 3.05) is 13.1 Å². The first-order valence-corrected chi connectivity index (χ1v) is 5.43. The summed E-state index contributed by atoms with van der Waals surface area (Å²) in [6.07, 6.45) is 0.798. The molecule has 0 unspecified atom stereocenters. The highest BCUT2D eigenvalue weighted by Crippen LogP contribution is 1.90. The van der Waals surface area contributed by atoms with Gasteiger partial charge in [0.15, 0.2) is 0 Å². The van der Waals surface area contributed by atoms with Crippen molar-refractivity contribution >= 4 is 22.8 Å². The van der Waals surface area contributed by atoms with Gasteiger partial charge in [-0.25, -0.2) is 0 Å². The minimum Gasteiger partial charge on any atom is -0.411 e. The van der Waals surface area contributed by atoms with Gasteiger partial charge in [-0.3, -0.25) is 9.98 Å². The van der Waals surface area contributed by atoms with Crippen LogP contribution in [-0.4, -0.2) is 46.4 Å². The lowest BCUT2D eigenvalue weighted by molar-refractivity contribution is 0.319. The van der Waals surface area contributed by atoms with Gasteiger partial charge in [-0.05, 0) is 34.1 Å². The predicted octanol–water partition coefficient (Wildman–Crippen LogP) is 2.00. The predicted molar refractivity (Wildman–Crippen MR) is 70.4 cm³/mol. The molecule has 0 aromatic heterocycles. The van der Waals surface area contributed by atoms with Crippen LogP contribution >= 0.6 is 0 Å². The van der Waals surface area contributed by atoms with E-state index in [2.05, 4.69) is 20.3 Å². The van der Waals surface area contributed by atoms with Crippen molar-refractivity contribution in [3.05, 3.63) is 0 Å². The first-order chi connectivity index (χ1) is 8.02. The van der Waals surface area contributed by atoms with Gasteiger partial charge in [0.2, 0.25) is 0 Å². The van der Waals surface area contributed by atoms with Crippen LogP contribution in [0.4, 0.5) is 0 Å². The first kappa shape index (κ1) is 15.3. The van der Waals surface area contributed by atoms with Crippen LogP contribution in [0.25, 0.3) is 0 Å². The van der Waals surface area contributed by atoms with E-state index in [0.29, 0.717) is 24.5 Å². The summed E-state index contributed by atoms with van der Waals surface area (Å²) in [7, 11) is 0. The highest BCUT2D eigenvalue weighted by atomic mass is 16.4. The van der Waals surface area contributed by atoms with Crippen LogP contribution < -0.4 is 0 Å². The normalized spacial score (nSPS) is 15.3. The van der Waals surface area contributed by atoms with Gasteiger partial charge in [-0.2, -0.15) is 0 Å². The number of rotatable bonds is 6. The summed E-state index contributed by atoms with van der Waals surface area (Å²) in [5.74, 6) is 0. The number of oxime groups is 2. The van der Waals surface area contributed by atoms with E-state index < -0.39 is 0 Å². The van der Waals surface area contributed by atoms with Crippen LogP contribution in [0.5, 0.6) is 0 Å². The third-order valence-corrected chi connectivity index (χ3v) is 2.36. The van der Waals surface area contributed by atoms with Crippen molar-refractivity contribution in [1.82, 2.24) is 0 Å². The molecule has 0 heterocycles. The van der Waals surface area contributed by atoms with Crippen LogP contribution in [0.15, 0.2) is 20.3 Å². The van der Waals surface area contributed by atoms with Crippen molar-refractivity contribution < 1.29 is 10.4 Å². The average molecular weight is 240 g/mol. The molecule has 0 rings (SSSR count). The standard InChI is InChI=1S/C11H20N4O2/c1-8(10(3)14-16)12-6-5-7-13-9(2)11(4)15-17/h16-17H,5-7H2,1-4H3/b12-8?,13-9?,14-10+,15-11+. The van der Waals surface area contributed by atoms with Crippen molar-refractivity contribution in [1.29, 1.82) is 0 Å². The van der Waals surface area contributed by atoms with Gasteiger partial charge in [-0.1, -0.05) is 10.3 Å². The van der Waals surface area contributed by atoms with Crippen LogP contribution in [0.2, 0.25) is 0 Å². The van der Waals surface area contributed by atoms with Crippen molar-refractivity contribution in [3.8, 4) is 0 Å². The monoisotopic (exact) mass is 240 g/mol. The largest absolute Gasteiger partial charge is 0.411 e. The fraction of sp³-hybridized carbons (Fsp3) is 0.636. The van der Waals surface area contributed by atoms with Gasteiger partial charge in [-0.15, -0.1) is 0 Å². The van der Waals surface area contributed by atoms with E-state index in [-0.39, 0.29) is 0 Å². The average Bonchev–Trinajstić information content (AvgIpc) is 2.35. The molecule has 0 aliphatic rings. The van der Waals surface area contributed by atoms with Crippen LogP contribution in [0, 0.1) is 0 Å². The lowest BCUT2D eigenvalue weighted by Crippen LogP contribution is -2.08. The molecule has 6 nitrogen and oxygen atoms in total. The van der Waals surface area contributed by atoms with Gasteiger partial charge in [0.25, 0.3) is 0 Å². The number of nitrogens with zero attached hydrogens (tertiary/aromatic N) is 4. The van der Waals surface area contributed by atoms with Crippen molar-refractivity contribution in [2.45, 2.75) is 34.1 Å². The quantitative estimate of drug-likeness (QED) is 0.322. The highest BCUT2D eigenvalue weighted by Gasteiger charge is 1.97.